The second-order valence-electron chi connectivity index (χ2n) is 15.6. The maximum absolute atomic E-state index is 14.7. The largest absolute Gasteiger partial charge is 0.467 e. The van der Waals surface area contributed by atoms with Crippen molar-refractivity contribution in [3.05, 3.63) is 65.7 Å². The molecule has 7 rings (SSSR count). The molecule has 0 amide bonds. The van der Waals surface area contributed by atoms with Gasteiger partial charge in [-0.1, -0.05) is 109 Å². The molecule has 5 aliphatic heterocycles. The lowest BCUT2D eigenvalue weighted by atomic mass is 9.47. The Morgan fingerprint density at radius 1 is 1.02 bits per heavy atom. The van der Waals surface area contributed by atoms with Crippen molar-refractivity contribution in [3.8, 4) is 0 Å². The van der Waals surface area contributed by atoms with Crippen LogP contribution in [0.25, 0.3) is 0 Å². The summed E-state index contributed by atoms with van der Waals surface area (Å²) < 4.78 is 28.2. The number of thiocarbonyl (C=S) groups is 1. The Balaban J connectivity index is 1.47. The number of fused-ring (bicyclic) bond motifs is 3. The standard InChI is InChI=1S/C38H52N2O5SSi/c1-10-35-22-30(44-47(24(2)3,25(4)5)26(6)7)31(46)40-21-20-36-28-18-14-15-19-29(28)39(8)32(36)37(34(41)42-9,45-38(35,36)40)33(35)43-23-27-16-12-11-13-17-27/h11-19,24-26,30,32-33H,10,20-23H2,1-9H3/t30-,32+,33+,35-,36-,37-,38-/m0/s1. The highest BCUT2D eigenvalue weighted by molar-refractivity contribution is 7.80. The quantitative estimate of drug-likeness (QED) is 0.147. The monoisotopic (exact) mass is 676 g/mol. The zero-order valence-electron chi connectivity index (χ0n) is 29.5. The van der Waals surface area contributed by atoms with Crippen LogP contribution in [0.4, 0.5) is 5.69 Å². The van der Waals surface area contributed by atoms with E-state index in [-0.39, 0.29) is 18.1 Å². The number of nitrogens with zero attached hydrogens (tertiary/aromatic N) is 2. The zero-order valence-corrected chi connectivity index (χ0v) is 31.4. The van der Waals surface area contributed by atoms with E-state index in [4.69, 9.17) is 30.9 Å². The first kappa shape index (κ1) is 33.2. The molecule has 2 aromatic carbocycles. The summed E-state index contributed by atoms with van der Waals surface area (Å²) in [7, 11) is 1.26. The van der Waals surface area contributed by atoms with Gasteiger partial charge in [0, 0.05) is 19.3 Å². The first-order valence-corrected chi connectivity index (χ1v) is 20.2. The highest BCUT2D eigenvalue weighted by Crippen LogP contribution is 2.80. The van der Waals surface area contributed by atoms with Crippen molar-refractivity contribution in [1.82, 2.24) is 4.90 Å². The number of esters is 1. The SMILES string of the molecule is CC[C@@]12C[C@H](O[Si](C(C)C)(C(C)C)C(C)C)C(=S)N3CC[C@]45c6ccccc6N(C)[C@H]4[C@](C(=O)OC)(O[C@@]315)[C@@H]2OCc1ccccc1. The van der Waals surface area contributed by atoms with Crippen molar-refractivity contribution in [3.63, 3.8) is 0 Å². The molecule has 0 aliphatic carbocycles. The summed E-state index contributed by atoms with van der Waals surface area (Å²) in [5.41, 5.74) is 1.26. The minimum absolute atomic E-state index is 0.280. The van der Waals surface area contributed by atoms with Crippen molar-refractivity contribution in [2.24, 2.45) is 5.41 Å². The summed E-state index contributed by atoms with van der Waals surface area (Å²) in [6.07, 6.45) is 1.32. The van der Waals surface area contributed by atoms with Crippen LogP contribution in [0.1, 0.15) is 78.9 Å². The highest BCUT2D eigenvalue weighted by atomic mass is 32.1. The third-order valence-electron chi connectivity index (χ3n) is 13.2. The van der Waals surface area contributed by atoms with Gasteiger partial charge in [-0.25, -0.2) is 4.79 Å². The van der Waals surface area contributed by atoms with Gasteiger partial charge >= 0.3 is 5.97 Å². The second kappa shape index (κ2) is 11.1. The van der Waals surface area contributed by atoms with E-state index in [1.54, 1.807) is 0 Å². The minimum atomic E-state index is -2.33. The smallest absolute Gasteiger partial charge is 0.343 e. The molecule has 0 aromatic heterocycles. The molecule has 2 aromatic rings. The first-order chi connectivity index (χ1) is 22.4. The Kier molecular flexibility index (Phi) is 7.85. The molecule has 2 spiro atoms. The van der Waals surface area contributed by atoms with Crippen LogP contribution >= 0.6 is 12.2 Å². The fraction of sp³-hybridized carbons (Fsp3) is 0.632. The van der Waals surface area contributed by atoms with Crippen molar-refractivity contribution < 1.29 is 23.4 Å². The van der Waals surface area contributed by atoms with Crippen LogP contribution in [0, 0.1) is 5.41 Å². The average Bonchev–Trinajstić information content (AvgIpc) is 3.71. The number of carbonyl (C=O) groups is 1. The number of hydrogen-bond acceptors (Lipinski definition) is 7. The van der Waals surface area contributed by atoms with Crippen molar-refractivity contribution in [2.45, 2.75) is 126 Å². The number of ether oxygens (including phenoxy) is 3. The average molecular weight is 677 g/mol. The zero-order chi connectivity index (χ0) is 33.7. The lowest BCUT2D eigenvalue weighted by Crippen LogP contribution is -2.78. The van der Waals surface area contributed by atoms with Crippen LogP contribution in [0.2, 0.25) is 16.6 Å². The number of piperidine rings is 1. The fourth-order valence-electron chi connectivity index (χ4n) is 11.8. The Hall–Kier alpha value is -2.30. The molecule has 7 nitrogen and oxygen atoms in total. The molecular weight excluding hydrogens is 625 g/mol. The molecule has 0 N–H and O–H groups in total. The number of carbonyl (C=O) groups excluding carboxylic acids is 1. The lowest BCUT2D eigenvalue weighted by molar-refractivity contribution is -0.192. The van der Waals surface area contributed by atoms with Gasteiger partial charge in [0.25, 0.3) is 0 Å². The summed E-state index contributed by atoms with van der Waals surface area (Å²) in [5, 5.41) is 0. The fourth-order valence-corrected chi connectivity index (χ4v) is 17.8. The van der Waals surface area contributed by atoms with Gasteiger partial charge < -0.3 is 28.4 Å². The maximum atomic E-state index is 14.7. The summed E-state index contributed by atoms with van der Waals surface area (Å²) >= 11 is 6.55. The molecule has 0 saturated carbocycles. The van der Waals surface area contributed by atoms with Gasteiger partial charge in [0.15, 0.2) is 5.72 Å². The van der Waals surface area contributed by atoms with Gasteiger partial charge in [-0.3, -0.25) is 0 Å². The van der Waals surface area contributed by atoms with E-state index in [1.807, 2.05) is 18.2 Å². The molecule has 47 heavy (non-hydrogen) atoms. The van der Waals surface area contributed by atoms with E-state index in [9.17, 15) is 4.79 Å². The third-order valence-corrected chi connectivity index (χ3v) is 19.8. The van der Waals surface area contributed by atoms with E-state index in [2.05, 4.69) is 102 Å². The van der Waals surface area contributed by atoms with Crippen molar-refractivity contribution >= 4 is 37.2 Å². The number of methoxy groups -OCH3 is 1. The highest BCUT2D eigenvalue weighted by Gasteiger charge is 2.95. The summed E-state index contributed by atoms with van der Waals surface area (Å²) in [6, 6.07) is 18.6. The van der Waals surface area contributed by atoms with Crippen molar-refractivity contribution in [1.29, 1.82) is 0 Å². The van der Waals surface area contributed by atoms with E-state index in [0.29, 0.717) is 29.7 Å². The van der Waals surface area contributed by atoms with Crippen LogP contribution in [-0.4, -0.2) is 74.5 Å². The van der Waals surface area contributed by atoms with Crippen LogP contribution in [0.3, 0.4) is 0 Å². The molecule has 0 unspecified atom stereocenters. The van der Waals surface area contributed by atoms with Gasteiger partial charge in [0.05, 0.1) is 36.7 Å². The van der Waals surface area contributed by atoms with Crippen LogP contribution in [0.15, 0.2) is 54.6 Å². The Bertz CT molecular complexity index is 1550. The van der Waals surface area contributed by atoms with Gasteiger partial charge in [-0.2, -0.15) is 0 Å². The number of anilines is 1. The second-order valence-corrected chi connectivity index (χ2v) is 21.4. The molecule has 9 heteroatoms. The predicted octanol–water partition coefficient (Wildman–Crippen LogP) is 7.37. The first-order valence-electron chi connectivity index (χ1n) is 17.6. The molecule has 7 atom stereocenters. The molecule has 4 saturated heterocycles. The number of likely N-dealkylation sites (N-methyl/N-ethyl adjacent to an activating group) is 1. The third kappa shape index (κ3) is 3.73. The molecule has 0 radical (unpaired) electrons. The molecule has 254 valence electrons. The Morgan fingerprint density at radius 2 is 1.66 bits per heavy atom. The normalized spacial score (nSPS) is 35.2. The number of hydrogen-bond donors (Lipinski definition) is 0. The molecule has 5 heterocycles. The summed E-state index contributed by atoms with van der Waals surface area (Å²) in [6.45, 7) is 17.3. The van der Waals surface area contributed by atoms with Crippen molar-refractivity contribution in [2.75, 3.05) is 25.6 Å². The maximum Gasteiger partial charge on any atom is 0.343 e. The summed E-state index contributed by atoms with van der Waals surface area (Å²) in [4.78, 5) is 20.1. The molecular formula is C38H52N2O5SSi. The number of para-hydroxylation sites is 1. The van der Waals surface area contributed by atoms with E-state index in [1.165, 1.54) is 12.7 Å². The minimum Gasteiger partial charge on any atom is -0.467 e. The van der Waals surface area contributed by atoms with Gasteiger partial charge in [-0.05, 0) is 53.1 Å². The van der Waals surface area contributed by atoms with Crippen LogP contribution in [-0.2, 0) is 35.5 Å². The van der Waals surface area contributed by atoms with Gasteiger partial charge in [0.2, 0.25) is 13.9 Å². The molecule has 2 bridgehead atoms. The van der Waals surface area contributed by atoms with E-state index < -0.39 is 36.6 Å². The van der Waals surface area contributed by atoms with E-state index in [0.717, 1.165) is 35.6 Å². The number of benzene rings is 2. The molecule has 5 aliphatic rings. The summed E-state index contributed by atoms with van der Waals surface area (Å²) in [5.74, 6) is -0.371. The predicted molar refractivity (Wildman–Crippen MR) is 191 cm³/mol. The lowest BCUT2D eigenvalue weighted by Gasteiger charge is -2.62. The van der Waals surface area contributed by atoms with Gasteiger partial charge in [-0.15, -0.1) is 0 Å². The van der Waals surface area contributed by atoms with Crippen LogP contribution < -0.4 is 4.90 Å². The number of rotatable bonds is 10. The van der Waals surface area contributed by atoms with E-state index >= 15 is 0 Å². The topological polar surface area (TPSA) is 60.5 Å². The van der Waals surface area contributed by atoms with Gasteiger partial charge in [0.1, 0.15) is 11.1 Å². The molecule has 4 fully saturated rings. The Morgan fingerprint density at radius 3 is 2.28 bits per heavy atom. The Labute approximate surface area is 287 Å². The van der Waals surface area contributed by atoms with Crippen LogP contribution in [0.5, 0.6) is 0 Å².